The summed E-state index contributed by atoms with van der Waals surface area (Å²) in [4.78, 5) is 22.0. The lowest BCUT2D eigenvalue weighted by Gasteiger charge is -2.34. The monoisotopic (exact) mass is 307 g/mol. The molecule has 22 heavy (non-hydrogen) atoms. The van der Waals surface area contributed by atoms with E-state index < -0.39 is 5.60 Å². The number of rotatable bonds is 4. The number of hydrogen-bond acceptors (Lipinski definition) is 5. The van der Waals surface area contributed by atoms with Crippen LogP contribution in [0.2, 0.25) is 0 Å². The normalized spacial score (nSPS) is 18.9. The zero-order valence-corrected chi connectivity index (χ0v) is 13.6. The first kappa shape index (κ1) is 16.5. The van der Waals surface area contributed by atoms with E-state index in [9.17, 15) is 4.79 Å². The van der Waals surface area contributed by atoms with E-state index in [0.717, 1.165) is 32.4 Å². The summed E-state index contributed by atoms with van der Waals surface area (Å²) in [5, 5.41) is 0. The summed E-state index contributed by atoms with van der Waals surface area (Å²) in [6, 6.07) is 0. The Hall–Kier alpha value is -1.85. The first-order valence-electron chi connectivity index (χ1n) is 7.81. The maximum atomic E-state index is 12.1. The number of nitrogens with zero attached hydrogens (tertiary/aromatic N) is 3. The van der Waals surface area contributed by atoms with Crippen molar-refractivity contribution in [2.75, 3.05) is 19.7 Å². The maximum absolute atomic E-state index is 12.1. The molecule has 0 saturated carbocycles. The van der Waals surface area contributed by atoms with Gasteiger partial charge in [0.1, 0.15) is 5.60 Å². The number of carbonyl (C=O) groups is 1. The highest BCUT2D eigenvalue weighted by Gasteiger charge is 2.27. The molecule has 0 bridgehead atoms. The molecule has 1 aromatic rings. The molecule has 1 saturated heterocycles. The van der Waals surface area contributed by atoms with Crippen molar-refractivity contribution in [2.24, 2.45) is 5.92 Å². The van der Waals surface area contributed by atoms with Crippen LogP contribution in [0.15, 0.2) is 18.6 Å². The van der Waals surface area contributed by atoms with Crippen LogP contribution < -0.4 is 4.74 Å². The molecule has 1 fully saturated rings. The Morgan fingerprint density at radius 2 is 2.23 bits per heavy atom. The fourth-order valence-electron chi connectivity index (χ4n) is 2.48. The van der Waals surface area contributed by atoms with Crippen molar-refractivity contribution in [1.82, 2.24) is 14.9 Å². The fourth-order valence-corrected chi connectivity index (χ4v) is 2.48. The molecule has 1 aromatic heterocycles. The second-order valence-corrected chi connectivity index (χ2v) is 6.62. The molecular weight excluding hydrogens is 282 g/mol. The smallest absolute Gasteiger partial charge is 0.410 e. The minimum atomic E-state index is -0.445. The predicted octanol–water partition coefficient (Wildman–Crippen LogP) is 2.89. The molecule has 0 N–H and O–H groups in total. The first-order valence-corrected chi connectivity index (χ1v) is 7.81. The number of carbonyl (C=O) groups excluding carboxylic acids is 1. The number of amides is 1. The van der Waals surface area contributed by atoms with Crippen LogP contribution >= 0.6 is 0 Å². The Kier molecular flexibility index (Phi) is 5.57. The molecule has 122 valence electrons. The van der Waals surface area contributed by atoms with E-state index in [4.69, 9.17) is 9.47 Å². The number of aromatic nitrogens is 2. The van der Waals surface area contributed by atoms with Gasteiger partial charge in [0, 0.05) is 25.5 Å². The van der Waals surface area contributed by atoms with Crippen molar-refractivity contribution in [3.05, 3.63) is 18.6 Å². The molecule has 0 aromatic carbocycles. The van der Waals surface area contributed by atoms with Crippen molar-refractivity contribution in [2.45, 2.75) is 45.6 Å². The molecule has 6 heteroatoms. The summed E-state index contributed by atoms with van der Waals surface area (Å²) in [7, 11) is 0. The molecule has 1 aliphatic heterocycles. The third kappa shape index (κ3) is 5.50. The molecule has 0 unspecified atom stereocenters. The van der Waals surface area contributed by atoms with Crippen molar-refractivity contribution in [3.8, 4) is 5.88 Å². The highest BCUT2D eigenvalue weighted by Crippen LogP contribution is 2.22. The number of ether oxygens (including phenoxy) is 2. The van der Waals surface area contributed by atoms with Crippen LogP contribution in [0.25, 0.3) is 0 Å². The van der Waals surface area contributed by atoms with Crippen molar-refractivity contribution >= 4 is 6.09 Å². The van der Waals surface area contributed by atoms with Gasteiger partial charge >= 0.3 is 6.09 Å². The van der Waals surface area contributed by atoms with Gasteiger partial charge in [0.2, 0.25) is 5.88 Å². The third-order valence-corrected chi connectivity index (χ3v) is 3.49. The lowest BCUT2D eigenvalue weighted by atomic mass is 9.95. The second-order valence-electron chi connectivity index (χ2n) is 6.62. The highest BCUT2D eigenvalue weighted by molar-refractivity contribution is 5.68. The fraction of sp³-hybridized carbons (Fsp3) is 0.688. The van der Waals surface area contributed by atoms with Gasteiger partial charge in [-0.1, -0.05) is 0 Å². The van der Waals surface area contributed by atoms with Crippen molar-refractivity contribution < 1.29 is 14.3 Å². The quantitative estimate of drug-likeness (QED) is 0.855. The predicted molar refractivity (Wildman–Crippen MR) is 82.7 cm³/mol. The van der Waals surface area contributed by atoms with E-state index >= 15 is 0 Å². The van der Waals surface area contributed by atoms with Crippen LogP contribution in [0.1, 0.15) is 40.0 Å². The Balaban J connectivity index is 1.75. The van der Waals surface area contributed by atoms with Gasteiger partial charge in [-0.05, 0) is 46.0 Å². The van der Waals surface area contributed by atoms with Gasteiger partial charge in [-0.2, -0.15) is 0 Å². The molecule has 0 radical (unpaired) electrons. The first-order chi connectivity index (χ1) is 10.4. The minimum absolute atomic E-state index is 0.216. The summed E-state index contributed by atoms with van der Waals surface area (Å²) in [5.74, 6) is 0.986. The highest BCUT2D eigenvalue weighted by atomic mass is 16.6. The number of piperidine rings is 1. The van der Waals surface area contributed by atoms with E-state index in [1.165, 1.54) is 0 Å². The zero-order valence-electron chi connectivity index (χ0n) is 13.6. The average molecular weight is 307 g/mol. The molecule has 2 rings (SSSR count). The van der Waals surface area contributed by atoms with E-state index in [0.29, 0.717) is 18.4 Å². The van der Waals surface area contributed by atoms with E-state index in [2.05, 4.69) is 9.97 Å². The summed E-state index contributed by atoms with van der Waals surface area (Å²) >= 11 is 0. The standard InChI is InChI=1S/C16H25N3O3/c1-16(2,3)22-15(20)19-9-4-5-13(12-19)6-10-21-14-11-17-7-8-18-14/h7-8,11,13H,4-6,9-10,12H2,1-3H3/t13-/m0/s1. The molecule has 1 aliphatic rings. The number of hydrogen-bond donors (Lipinski definition) is 0. The Morgan fingerprint density at radius 1 is 1.41 bits per heavy atom. The Labute approximate surface area is 131 Å². The van der Waals surface area contributed by atoms with Crippen LogP contribution in [-0.4, -0.2) is 46.3 Å². The zero-order chi connectivity index (χ0) is 16.0. The Bertz CT molecular complexity index is 473. The van der Waals surface area contributed by atoms with Gasteiger partial charge < -0.3 is 14.4 Å². The SMILES string of the molecule is CC(C)(C)OC(=O)N1CCC[C@@H](CCOc2cnccn2)C1. The van der Waals surface area contributed by atoms with Gasteiger partial charge in [-0.25, -0.2) is 9.78 Å². The van der Waals surface area contributed by atoms with E-state index in [-0.39, 0.29) is 6.09 Å². The van der Waals surface area contributed by atoms with E-state index in [1.807, 2.05) is 25.7 Å². The van der Waals surface area contributed by atoms with Gasteiger partial charge in [0.05, 0.1) is 12.8 Å². The van der Waals surface area contributed by atoms with Crippen LogP contribution in [-0.2, 0) is 4.74 Å². The summed E-state index contributed by atoms with van der Waals surface area (Å²) < 4.78 is 11.0. The Morgan fingerprint density at radius 3 is 2.91 bits per heavy atom. The second kappa shape index (κ2) is 7.42. The van der Waals surface area contributed by atoms with Crippen molar-refractivity contribution in [1.29, 1.82) is 0 Å². The van der Waals surface area contributed by atoms with Gasteiger partial charge in [0.15, 0.2) is 0 Å². The molecule has 0 aliphatic carbocycles. The van der Waals surface area contributed by atoms with Crippen LogP contribution in [0.5, 0.6) is 5.88 Å². The van der Waals surface area contributed by atoms with Gasteiger partial charge in [-0.15, -0.1) is 0 Å². The molecule has 2 heterocycles. The summed E-state index contributed by atoms with van der Waals surface area (Å²) in [6.45, 7) is 7.77. The lowest BCUT2D eigenvalue weighted by Crippen LogP contribution is -2.43. The minimum Gasteiger partial charge on any atom is -0.477 e. The molecule has 1 atom stereocenters. The molecular formula is C16H25N3O3. The van der Waals surface area contributed by atoms with Crippen LogP contribution in [0.3, 0.4) is 0 Å². The molecule has 1 amide bonds. The summed E-state index contributed by atoms with van der Waals surface area (Å²) in [5.41, 5.74) is -0.445. The van der Waals surface area contributed by atoms with Crippen LogP contribution in [0, 0.1) is 5.92 Å². The van der Waals surface area contributed by atoms with Crippen molar-refractivity contribution in [3.63, 3.8) is 0 Å². The maximum Gasteiger partial charge on any atom is 0.410 e. The molecule has 0 spiro atoms. The number of likely N-dealkylation sites (tertiary alicyclic amines) is 1. The lowest BCUT2D eigenvalue weighted by molar-refractivity contribution is 0.0154. The summed E-state index contributed by atoms with van der Waals surface area (Å²) in [6.07, 6.45) is 7.64. The van der Waals surface area contributed by atoms with Gasteiger partial charge in [-0.3, -0.25) is 4.98 Å². The van der Waals surface area contributed by atoms with Crippen LogP contribution in [0.4, 0.5) is 4.79 Å². The average Bonchev–Trinajstić information content (AvgIpc) is 2.47. The third-order valence-electron chi connectivity index (χ3n) is 3.49. The van der Waals surface area contributed by atoms with E-state index in [1.54, 1.807) is 18.6 Å². The largest absolute Gasteiger partial charge is 0.477 e. The van der Waals surface area contributed by atoms with Gasteiger partial charge in [0.25, 0.3) is 0 Å². The topological polar surface area (TPSA) is 64.5 Å². The molecule has 6 nitrogen and oxygen atoms in total.